The molecule has 1 unspecified atom stereocenters. The molecule has 1 aliphatic heterocycles. The fourth-order valence-corrected chi connectivity index (χ4v) is 1.95. The highest BCUT2D eigenvalue weighted by molar-refractivity contribution is 6.30. The number of rotatable bonds is 4. The maximum atomic E-state index is 5.96. The molecule has 0 fully saturated rings. The maximum absolute atomic E-state index is 5.96. The van der Waals surface area contributed by atoms with Crippen molar-refractivity contribution in [3.05, 3.63) is 35.6 Å². The molecule has 1 aliphatic rings. The van der Waals surface area contributed by atoms with Gasteiger partial charge in [0, 0.05) is 5.02 Å². The molecule has 1 atom stereocenters. The number of nitrogens with one attached hydrogen (secondary N) is 1. The van der Waals surface area contributed by atoms with Crippen molar-refractivity contribution < 1.29 is 9.47 Å². The molecule has 0 bridgehead atoms. The van der Waals surface area contributed by atoms with Crippen LogP contribution in [-0.2, 0) is 4.74 Å². The number of benzene rings is 1. The van der Waals surface area contributed by atoms with Gasteiger partial charge in [0.2, 0.25) is 0 Å². The Kier molecular flexibility index (Phi) is 4.15. The SMILES string of the molecule is COc1ccc(Cl)cc1NCC1CCC=CO1. The van der Waals surface area contributed by atoms with E-state index in [0.29, 0.717) is 5.02 Å². The molecular formula is C13H16ClNO2. The van der Waals surface area contributed by atoms with E-state index >= 15 is 0 Å². The molecule has 1 N–H and O–H groups in total. The second-order valence-corrected chi connectivity index (χ2v) is 4.37. The third-order valence-corrected chi connectivity index (χ3v) is 2.94. The van der Waals surface area contributed by atoms with Crippen molar-refractivity contribution in [1.29, 1.82) is 0 Å². The number of methoxy groups -OCH3 is 1. The maximum Gasteiger partial charge on any atom is 0.142 e. The first-order valence-electron chi connectivity index (χ1n) is 5.67. The second-order valence-electron chi connectivity index (χ2n) is 3.93. The van der Waals surface area contributed by atoms with Crippen molar-refractivity contribution >= 4 is 17.3 Å². The van der Waals surface area contributed by atoms with Gasteiger partial charge < -0.3 is 14.8 Å². The summed E-state index contributed by atoms with van der Waals surface area (Å²) in [5, 5.41) is 4.00. The van der Waals surface area contributed by atoms with Crippen LogP contribution in [0.5, 0.6) is 5.75 Å². The van der Waals surface area contributed by atoms with Crippen molar-refractivity contribution in [2.45, 2.75) is 18.9 Å². The lowest BCUT2D eigenvalue weighted by atomic mass is 10.1. The molecule has 92 valence electrons. The van der Waals surface area contributed by atoms with Crippen LogP contribution in [0, 0.1) is 0 Å². The van der Waals surface area contributed by atoms with Gasteiger partial charge in [-0.1, -0.05) is 11.6 Å². The smallest absolute Gasteiger partial charge is 0.142 e. The van der Waals surface area contributed by atoms with Crippen molar-refractivity contribution in [2.24, 2.45) is 0 Å². The zero-order chi connectivity index (χ0) is 12.1. The highest BCUT2D eigenvalue weighted by atomic mass is 35.5. The molecule has 2 rings (SSSR count). The normalized spacial score (nSPS) is 18.6. The van der Waals surface area contributed by atoms with E-state index in [2.05, 4.69) is 5.32 Å². The van der Waals surface area contributed by atoms with Gasteiger partial charge in [0.1, 0.15) is 11.9 Å². The van der Waals surface area contributed by atoms with E-state index in [1.165, 1.54) is 0 Å². The summed E-state index contributed by atoms with van der Waals surface area (Å²) in [6.07, 6.45) is 6.12. The molecule has 17 heavy (non-hydrogen) atoms. The number of ether oxygens (including phenoxy) is 2. The molecule has 0 saturated carbocycles. The number of anilines is 1. The lowest BCUT2D eigenvalue weighted by Crippen LogP contribution is -2.23. The average molecular weight is 254 g/mol. The Hall–Kier alpha value is -1.35. The van der Waals surface area contributed by atoms with Gasteiger partial charge in [0.25, 0.3) is 0 Å². The number of allylic oxidation sites excluding steroid dienone is 1. The summed E-state index contributed by atoms with van der Waals surface area (Å²) in [7, 11) is 1.65. The number of hydrogen-bond acceptors (Lipinski definition) is 3. The first-order valence-corrected chi connectivity index (χ1v) is 6.05. The Balaban J connectivity index is 1.97. The van der Waals surface area contributed by atoms with Gasteiger partial charge >= 0.3 is 0 Å². The van der Waals surface area contributed by atoms with Gasteiger partial charge in [0.15, 0.2) is 0 Å². The van der Waals surface area contributed by atoms with E-state index < -0.39 is 0 Å². The molecule has 0 radical (unpaired) electrons. The van der Waals surface area contributed by atoms with Gasteiger partial charge in [-0.2, -0.15) is 0 Å². The molecule has 4 heteroatoms. The molecule has 0 spiro atoms. The average Bonchev–Trinajstić information content (AvgIpc) is 2.38. The minimum Gasteiger partial charge on any atom is -0.497 e. The second kappa shape index (κ2) is 5.82. The molecule has 1 heterocycles. The number of halogens is 1. The summed E-state index contributed by atoms with van der Waals surface area (Å²) in [6, 6.07) is 5.52. The van der Waals surface area contributed by atoms with Gasteiger partial charge in [0.05, 0.1) is 25.6 Å². The van der Waals surface area contributed by atoms with Crippen LogP contribution in [0.4, 0.5) is 5.69 Å². The van der Waals surface area contributed by atoms with E-state index in [0.717, 1.165) is 30.8 Å². The van der Waals surface area contributed by atoms with Gasteiger partial charge in [-0.05, 0) is 37.1 Å². The predicted octanol–water partition coefficient (Wildman–Crippen LogP) is 3.45. The first-order chi connectivity index (χ1) is 8.29. The molecule has 0 aliphatic carbocycles. The van der Waals surface area contributed by atoms with Crippen molar-refractivity contribution in [1.82, 2.24) is 0 Å². The van der Waals surface area contributed by atoms with Crippen LogP contribution < -0.4 is 10.1 Å². The lowest BCUT2D eigenvalue weighted by Gasteiger charge is -2.21. The van der Waals surface area contributed by atoms with Crippen LogP contribution in [0.1, 0.15) is 12.8 Å². The first kappa shape index (κ1) is 12.1. The molecule has 0 aromatic heterocycles. The topological polar surface area (TPSA) is 30.5 Å². The summed E-state index contributed by atoms with van der Waals surface area (Å²) >= 11 is 5.96. The molecule has 1 aromatic carbocycles. The predicted molar refractivity (Wildman–Crippen MR) is 69.7 cm³/mol. The highest BCUT2D eigenvalue weighted by Gasteiger charge is 2.12. The summed E-state index contributed by atoms with van der Waals surface area (Å²) in [4.78, 5) is 0. The van der Waals surface area contributed by atoms with E-state index in [4.69, 9.17) is 21.1 Å². The van der Waals surface area contributed by atoms with E-state index in [1.54, 1.807) is 13.4 Å². The van der Waals surface area contributed by atoms with Crippen LogP contribution in [0.15, 0.2) is 30.5 Å². The fourth-order valence-electron chi connectivity index (χ4n) is 1.78. The van der Waals surface area contributed by atoms with Crippen molar-refractivity contribution in [2.75, 3.05) is 19.0 Å². The molecule has 1 aromatic rings. The van der Waals surface area contributed by atoms with Crippen molar-refractivity contribution in [3.8, 4) is 5.75 Å². The monoisotopic (exact) mass is 253 g/mol. The van der Waals surface area contributed by atoms with E-state index in [-0.39, 0.29) is 6.10 Å². The summed E-state index contributed by atoms with van der Waals surface area (Å²) in [5.41, 5.74) is 0.901. The Bertz CT molecular complexity index is 406. The third kappa shape index (κ3) is 3.30. The summed E-state index contributed by atoms with van der Waals surface area (Å²) in [5.74, 6) is 0.792. The van der Waals surface area contributed by atoms with Crippen LogP contribution in [0.2, 0.25) is 5.02 Å². The summed E-state index contributed by atoms with van der Waals surface area (Å²) < 4.78 is 10.8. The Morgan fingerprint density at radius 3 is 3.12 bits per heavy atom. The van der Waals surface area contributed by atoms with E-state index in [1.807, 2.05) is 24.3 Å². The largest absolute Gasteiger partial charge is 0.497 e. The Morgan fingerprint density at radius 2 is 2.41 bits per heavy atom. The fraction of sp³-hybridized carbons (Fsp3) is 0.385. The quantitative estimate of drug-likeness (QED) is 0.892. The van der Waals surface area contributed by atoms with Gasteiger partial charge in [-0.15, -0.1) is 0 Å². The highest BCUT2D eigenvalue weighted by Crippen LogP contribution is 2.27. The standard InChI is InChI=1S/C13H16ClNO2/c1-16-13-6-5-10(14)8-12(13)15-9-11-4-2-3-7-17-11/h3,5-8,11,15H,2,4,9H2,1H3. The zero-order valence-corrected chi connectivity index (χ0v) is 10.5. The molecular weight excluding hydrogens is 238 g/mol. The summed E-state index contributed by atoms with van der Waals surface area (Å²) in [6.45, 7) is 0.751. The molecule has 0 saturated heterocycles. The lowest BCUT2D eigenvalue weighted by molar-refractivity contribution is 0.135. The van der Waals surface area contributed by atoms with Crippen molar-refractivity contribution in [3.63, 3.8) is 0 Å². The Morgan fingerprint density at radius 1 is 1.53 bits per heavy atom. The zero-order valence-electron chi connectivity index (χ0n) is 9.78. The van der Waals surface area contributed by atoms with Gasteiger partial charge in [-0.25, -0.2) is 0 Å². The van der Waals surface area contributed by atoms with Crippen LogP contribution in [0.3, 0.4) is 0 Å². The van der Waals surface area contributed by atoms with Crippen LogP contribution in [0.25, 0.3) is 0 Å². The van der Waals surface area contributed by atoms with E-state index in [9.17, 15) is 0 Å². The third-order valence-electron chi connectivity index (χ3n) is 2.70. The number of hydrogen-bond donors (Lipinski definition) is 1. The molecule has 3 nitrogen and oxygen atoms in total. The van der Waals surface area contributed by atoms with Gasteiger partial charge in [-0.3, -0.25) is 0 Å². The Labute approximate surface area is 106 Å². The molecule has 0 amide bonds. The minimum atomic E-state index is 0.212. The van der Waals surface area contributed by atoms with Crippen LogP contribution >= 0.6 is 11.6 Å². The van der Waals surface area contributed by atoms with Crippen LogP contribution in [-0.4, -0.2) is 19.8 Å². The minimum absolute atomic E-state index is 0.212.